The number of benzene rings is 1. The van der Waals surface area contributed by atoms with Crippen molar-refractivity contribution in [3.63, 3.8) is 0 Å². The molecule has 0 aliphatic carbocycles. The van der Waals surface area contributed by atoms with Crippen molar-refractivity contribution in [2.24, 2.45) is 0 Å². The van der Waals surface area contributed by atoms with Gasteiger partial charge in [-0.25, -0.2) is 0 Å². The molecule has 1 N–H and O–H groups in total. The van der Waals surface area contributed by atoms with E-state index in [-0.39, 0.29) is 0 Å². The Morgan fingerprint density at radius 2 is 1.88 bits per heavy atom. The molecule has 1 heterocycles. The van der Waals surface area contributed by atoms with Crippen LogP contribution in [0.15, 0.2) is 24.3 Å². The summed E-state index contributed by atoms with van der Waals surface area (Å²) in [6, 6.07) is 7.60. The molecule has 17 heavy (non-hydrogen) atoms. The molecule has 1 aromatic rings. The highest BCUT2D eigenvalue weighted by Crippen LogP contribution is 2.27. The normalized spacial score (nSPS) is 17.4. The number of para-hydroxylation sites is 2. The largest absolute Gasteiger partial charge is 0.506 e. The van der Waals surface area contributed by atoms with E-state index in [4.69, 9.17) is 0 Å². The number of aromatic hydroxyl groups is 1. The fourth-order valence-electron chi connectivity index (χ4n) is 2.26. The van der Waals surface area contributed by atoms with E-state index < -0.39 is 0 Å². The van der Waals surface area contributed by atoms with Gasteiger partial charge in [-0.2, -0.15) is 0 Å². The average molecular weight is 233 g/mol. The molecule has 0 atom stereocenters. The molecular weight excluding hydrogens is 212 g/mol. The Hall–Kier alpha value is -1.22. The lowest BCUT2D eigenvalue weighted by Gasteiger charge is -2.36. The summed E-state index contributed by atoms with van der Waals surface area (Å²) in [4.78, 5) is 4.75. The molecule has 1 saturated heterocycles. The van der Waals surface area contributed by atoms with E-state index in [2.05, 4.69) is 23.1 Å². The molecule has 1 fully saturated rings. The van der Waals surface area contributed by atoms with Crippen molar-refractivity contribution in [3.8, 4) is 5.75 Å². The first kappa shape index (κ1) is 12.2. The summed E-state index contributed by atoms with van der Waals surface area (Å²) in [5.41, 5.74) is 0.967. The van der Waals surface area contributed by atoms with E-state index in [9.17, 15) is 5.11 Å². The molecular formula is C14H21N2O. The second kappa shape index (κ2) is 5.92. The van der Waals surface area contributed by atoms with E-state index >= 15 is 0 Å². The molecule has 3 heteroatoms. The van der Waals surface area contributed by atoms with Crippen LogP contribution >= 0.6 is 0 Å². The van der Waals surface area contributed by atoms with E-state index in [1.165, 1.54) is 0 Å². The Morgan fingerprint density at radius 1 is 1.18 bits per heavy atom. The highest BCUT2D eigenvalue weighted by Gasteiger charge is 2.18. The lowest BCUT2D eigenvalue weighted by Crippen LogP contribution is -2.46. The van der Waals surface area contributed by atoms with Crippen molar-refractivity contribution in [1.82, 2.24) is 4.90 Å². The molecule has 1 aliphatic heterocycles. The van der Waals surface area contributed by atoms with Gasteiger partial charge < -0.3 is 10.0 Å². The minimum atomic E-state index is 0.392. The van der Waals surface area contributed by atoms with Crippen molar-refractivity contribution in [3.05, 3.63) is 30.7 Å². The number of hydrogen-bond donors (Lipinski definition) is 1. The van der Waals surface area contributed by atoms with Gasteiger partial charge in [-0.3, -0.25) is 4.90 Å². The molecule has 3 nitrogen and oxygen atoms in total. The van der Waals surface area contributed by atoms with Crippen LogP contribution in [0.25, 0.3) is 0 Å². The number of nitrogens with zero attached hydrogens (tertiary/aromatic N) is 2. The summed E-state index contributed by atoms with van der Waals surface area (Å²) < 4.78 is 0. The SMILES string of the molecule is C[CH]CCN1CCN(c2ccccc2O)CC1. The van der Waals surface area contributed by atoms with Crippen LogP contribution in [0.5, 0.6) is 5.75 Å². The predicted molar refractivity (Wildman–Crippen MR) is 71.4 cm³/mol. The summed E-state index contributed by atoms with van der Waals surface area (Å²) >= 11 is 0. The Bertz CT molecular complexity index is 346. The molecule has 1 aliphatic rings. The monoisotopic (exact) mass is 233 g/mol. The lowest BCUT2D eigenvalue weighted by molar-refractivity contribution is 0.259. The molecule has 93 valence electrons. The maximum atomic E-state index is 9.81. The minimum Gasteiger partial charge on any atom is -0.506 e. The zero-order valence-electron chi connectivity index (χ0n) is 10.5. The predicted octanol–water partition coefficient (Wildman–Crippen LogP) is 2.13. The molecule has 0 amide bonds. The first-order valence-corrected chi connectivity index (χ1v) is 6.34. The molecule has 1 aromatic carbocycles. The topological polar surface area (TPSA) is 26.7 Å². The van der Waals surface area contributed by atoms with Gasteiger partial charge in [0.25, 0.3) is 0 Å². The van der Waals surface area contributed by atoms with E-state index in [0.717, 1.165) is 44.8 Å². The number of rotatable bonds is 4. The molecule has 2 rings (SSSR count). The van der Waals surface area contributed by atoms with Crippen molar-refractivity contribution >= 4 is 5.69 Å². The average Bonchev–Trinajstić information content (AvgIpc) is 2.38. The van der Waals surface area contributed by atoms with Gasteiger partial charge in [0, 0.05) is 26.2 Å². The summed E-state index contributed by atoms with van der Waals surface area (Å²) in [6.07, 6.45) is 3.38. The Labute approximate surface area is 104 Å². The van der Waals surface area contributed by atoms with Gasteiger partial charge in [0.15, 0.2) is 0 Å². The van der Waals surface area contributed by atoms with Crippen LogP contribution in [-0.4, -0.2) is 42.7 Å². The van der Waals surface area contributed by atoms with Crippen LogP contribution in [0.3, 0.4) is 0 Å². The molecule has 1 radical (unpaired) electrons. The van der Waals surface area contributed by atoms with Crippen LogP contribution in [-0.2, 0) is 0 Å². The van der Waals surface area contributed by atoms with Gasteiger partial charge in [-0.05, 0) is 31.5 Å². The Morgan fingerprint density at radius 3 is 2.53 bits per heavy atom. The van der Waals surface area contributed by atoms with Gasteiger partial charge in [-0.1, -0.05) is 19.1 Å². The maximum absolute atomic E-state index is 9.81. The van der Waals surface area contributed by atoms with E-state index in [1.807, 2.05) is 18.2 Å². The van der Waals surface area contributed by atoms with Gasteiger partial charge in [0.05, 0.1) is 5.69 Å². The smallest absolute Gasteiger partial charge is 0.138 e. The highest BCUT2D eigenvalue weighted by molar-refractivity contribution is 5.57. The van der Waals surface area contributed by atoms with Gasteiger partial charge in [-0.15, -0.1) is 0 Å². The van der Waals surface area contributed by atoms with Crippen LogP contribution in [0.1, 0.15) is 13.3 Å². The second-order valence-corrected chi connectivity index (χ2v) is 4.51. The number of piperazine rings is 1. The zero-order chi connectivity index (χ0) is 12.1. The third-order valence-electron chi connectivity index (χ3n) is 3.33. The molecule has 0 unspecified atom stereocenters. The molecule has 0 bridgehead atoms. The third-order valence-corrected chi connectivity index (χ3v) is 3.33. The highest BCUT2D eigenvalue weighted by atomic mass is 16.3. The summed E-state index contributed by atoms with van der Waals surface area (Å²) in [5, 5.41) is 9.81. The van der Waals surface area contributed by atoms with Crippen molar-refractivity contribution in [2.45, 2.75) is 13.3 Å². The van der Waals surface area contributed by atoms with Crippen molar-refractivity contribution < 1.29 is 5.11 Å². The quantitative estimate of drug-likeness (QED) is 0.863. The molecule has 0 aromatic heterocycles. The van der Waals surface area contributed by atoms with Crippen LogP contribution in [0.2, 0.25) is 0 Å². The first-order chi connectivity index (χ1) is 8.31. The maximum Gasteiger partial charge on any atom is 0.138 e. The molecule has 0 saturated carbocycles. The first-order valence-electron chi connectivity index (χ1n) is 6.34. The summed E-state index contributed by atoms with van der Waals surface area (Å²) in [6.45, 7) is 7.44. The molecule has 0 spiro atoms. The van der Waals surface area contributed by atoms with Gasteiger partial charge >= 0.3 is 0 Å². The van der Waals surface area contributed by atoms with Gasteiger partial charge in [0.2, 0.25) is 0 Å². The standard InChI is InChI=1S/C14H21N2O/c1-2-3-8-15-9-11-16(12-10-15)13-6-4-5-7-14(13)17/h2,4-7,17H,3,8-12H2,1H3. The number of anilines is 1. The number of unbranched alkanes of at least 4 members (excludes halogenated alkanes) is 1. The number of phenolic OH excluding ortho intramolecular Hbond substituents is 1. The van der Waals surface area contributed by atoms with Gasteiger partial charge in [0.1, 0.15) is 5.75 Å². The second-order valence-electron chi connectivity index (χ2n) is 4.51. The number of phenols is 1. The summed E-state index contributed by atoms with van der Waals surface area (Å²) in [5.74, 6) is 0.392. The fraction of sp³-hybridized carbons (Fsp3) is 0.500. The zero-order valence-corrected chi connectivity index (χ0v) is 10.5. The minimum absolute atomic E-state index is 0.392. The Kier molecular flexibility index (Phi) is 4.26. The third kappa shape index (κ3) is 3.13. The lowest BCUT2D eigenvalue weighted by atomic mass is 10.2. The van der Waals surface area contributed by atoms with E-state index in [1.54, 1.807) is 6.07 Å². The van der Waals surface area contributed by atoms with Crippen LogP contribution in [0, 0.1) is 6.42 Å². The van der Waals surface area contributed by atoms with Crippen LogP contribution < -0.4 is 4.90 Å². The fourth-order valence-corrected chi connectivity index (χ4v) is 2.26. The summed E-state index contributed by atoms with van der Waals surface area (Å²) in [7, 11) is 0. The number of hydrogen-bond acceptors (Lipinski definition) is 3. The Balaban J connectivity index is 1.89. The van der Waals surface area contributed by atoms with Crippen molar-refractivity contribution in [1.29, 1.82) is 0 Å². The van der Waals surface area contributed by atoms with E-state index in [0.29, 0.717) is 5.75 Å². The van der Waals surface area contributed by atoms with Crippen LogP contribution in [0.4, 0.5) is 5.69 Å². The van der Waals surface area contributed by atoms with Crippen molar-refractivity contribution in [2.75, 3.05) is 37.6 Å².